The van der Waals surface area contributed by atoms with Crippen molar-refractivity contribution in [1.82, 2.24) is 24.5 Å². The molecule has 0 saturated carbocycles. The molecule has 168 valence electrons. The maximum Gasteiger partial charge on any atom is 0.320 e. The predicted octanol–water partition coefficient (Wildman–Crippen LogP) is 2.17. The topological polar surface area (TPSA) is 50.3 Å². The first kappa shape index (κ1) is 23.9. The third-order valence-electron chi connectivity index (χ3n) is 6.81. The minimum Gasteiger partial charge on any atom is -0.338 e. The smallest absolute Gasteiger partial charge is 0.320 e. The van der Waals surface area contributed by atoms with E-state index in [2.05, 4.69) is 51.3 Å². The molecular formula is C22H43N5O2. The van der Waals surface area contributed by atoms with Gasteiger partial charge in [-0.3, -0.25) is 14.6 Å². The number of carbonyl (C=O) groups excluding carboxylic acids is 2. The van der Waals surface area contributed by atoms with Crippen molar-refractivity contribution < 1.29 is 9.59 Å². The molecule has 7 nitrogen and oxygen atoms in total. The van der Waals surface area contributed by atoms with Crippen LogP contribution in [0.15, 0.2) is 0 Å². The maximum absolute atomic E-state index is 12.9. The van der Waals surface area contributed by atoms with E-state index < -0.39 is 0 Å². The lowest BCUT2D eigenvalue weighted by Gasteiger charge is -2.41. The molecule has 2 atom stereocenters. The first-order chi connectivity index (χ1) is 13.6. The molecule has 0 aromatic heterocycles. The maximum atomic E-state index is 12.9. The Balaban J connectivity index is 1.76. The van der Waals surface area contributed by atoms with Gasteiger partial charge in [-0.2, -0.15) is 0 Å². The van der Waals surface area contributed by atoms with Crippen LogP contribution < -0.4 is 0 Å². The number of amides is 3. The molecule has 29 heavy (non-hydrogen) atoms. The van der Waals surface area contributed by atoms with Crippen molar-refractivity contribution in [3.05, 3.63) is 0 Å². The van der Waals surface area contributed by atoms with Gasteiger partial charge < -0.3 is 14.7 Å². The van der Waals surface area contributed by atoms with E-state index in [0.717, 1.165) is 52.1 Å². The van der Waals surface area contributed by atoms with Crippen LogP contribution >= 0.6 is 0 Å². The van der Waals surface area contributed by atoms with Crippen LogP contribution in [0.25, 0.3) is 0 Å². The van der Waals surface area contributed by atoms with Crippen LogP contribution in [0.3, 0.4) is 0 Å². The molecule has 0 N–H and O–H groups in total. The highest BCUT2D eigenvalue weighted by Crippen LogP contribution is 2.17. The summed E-state index contributed by atoms with van der Waals surface area (Å²) in [6, 6.07) is 1.52. The molecule has 0 radical (unpaired) electrons. The van der Waals surface area contributed by atoms with Crippen molar-refractivity contribution in [1.29, 1.82) is 0 Å². The summed E-state index contributed by atoms with van der Waals surface area (Å²) in [6.45, 7) is 18.7. The Kier molecular flexibility index (Phi) is 8.76. The molecule has 7 heteroatoms. The lowest BCUT2D eigenvalue weighted by atomic mass is 10.1. The van der Waals surface area contributed by atoms with Gasteiger partial charge in [0.25, 0.3) is 0 Å². The number of piperazine rings is 2. The Bertz CT molecular complexity index is 545. The van der Waals surface area contributed by atoms with Gasteiger partial charge in [0.15, 0.2) is 0 Å². The Labute approximate surface area is 178 Å². The second-order valence-electron chi connectivity index (χ2n) is 9.44. The minimum absolute atomic E-state index is 0.147. The number of carbonyl (C=O) groups is 2. The molecule has 0 aromatic rings. The molecule has 2 unspecified atom stereocenters. The van der Waals surface area contributed by atoms with Crippen LogP contribution in [0.5, 0.6) is 0 Å². The highest BCUT2D eigenvalue weighted by molar-refractivity contribution is 5.79. The molecule has 0 aromatic carbocycles. The van der Waals surface area contributed by atoms with E-state index in [9.17, 15) is 9.59 Å². The summed E-state index contributed by atoms with van der Waals surface area (Å²) in [6.07, 6.45) is 1.95. The normalized spacial score (nSPS) is 21.8. The van der Waals surface area contributed by atoms with Crippen molar-refractivity contribution >= 4 is 11.9 Å². The summed E-state index contributed by atoms with van der Waals surface area (Å²) in [4.78, 5) is 35.8. The number of hydrogen-bond acceptors (Lipinski definition) is 4. The van der Waals surface area contributed by atoms with Crippen molar-refractivity contribution in [2.75, 3.05) is 52.9 Å². The van der Waals surface area contributed by atoms with Gasteiger partial charge in [-0.25, -0.2) is 4.79 Å². The monoisotopic (exact) mass is 409 g/mol. The molecule has 2 saturated heterocycles. The van der Waals surface area contributed by atoms with Crippen molar-refractivity contribution in [3.63, 3.8) is 0 Å². The summed E-state index contributed by atoms with van der Waals surface area (Å²) in [5.41, 5.74) is 0. The van der Waals surface area contributed by atoms with Crippen molar-refractivity contribution in [2.45, 2.75) is 78.6 Å². The van der Waals surface area contributed by atoms with Gasteiger partial charge in [-0.15, -0.1) is 0 Å². The third-order valence-corrected chi connectivity index (χ3v) is 6.81. The summed E-state index contributed by atoms with van der Waals surface area (Å²) in [5, 5.41) is 0. The SMILES string of the molecule is CC(C)N1CCN(C(=O)N(C)C(C)CCC(C)N2CCN(C(C)C)C(=O)C2)CC1. The molecular weight excluding hydrogens is 366 g/mol. The Hall–Kier alpha value is -1.34. The van der Waals surface area contributed by atoms with E-state index in [4.69, 9.17) is 0 Å². The van der Waals surface area contributed by atoms with E-state index in [1.165, 1.54) is 0 Å². The Morgan fingerprint density at radius 3 is 1.97 bits per heavy atom. The van der Waals surface area contributed by atoms with Gasteiger partial charge in [0, 0.05) is 70.5 Å². The van der Waals surface area contributed by atoms with Crippen LogP contribution in [0.1, 0.15) is 54.4 Å². The number of nitrogens with zero attached hydrogens (tertiary/aromatic N) is 5. The predicted molar refractivity (Wildman–Crippen MR) is 118 cm³/mol. The van der Waals surface area contributed by atoms with E-state index >= 15 is 0 Å². The molecule has 2 heterocycles. The van der Waals surface area contributed by atoms with Crippen molar-refractivity contribution in [2.24, 2.45) is 0 Å². The molecule has 0 spiro atoms. The first-order valence-corrected chi connectivity index (χ1v) is 11.4. The zero-order valence-electron chi connectivity index (χ0n) is 19.7. The number of hydrogen-bond donors (Lipinski definition) is 0. The molecule has 2 fully saturated rings. The van der Waals surface area contributed by atoms with Gasteiger partial charge in [0.05, 0.1) is 6.54 Å². The molecule has 2 aliphatic rings. The quantitative estimate of drug-likeness (QED) is 0.647. The van der Waals surface area contributed by atoms with E-state index in [-0.39, 0.29) is 24.0 Å². The van der Waals surface area contributed by atoms with Crippen LogP contribution in [-0.2, 0) is 4.79 Å². The fraction of sp³-hybridized carbons (Fsp3) is 0.909. The molecule has 0 bridgehead atoms. The average molecular weight is 410 g/mol. The number of rotatable bonds is 7. The van der Waals surface area contributed by atoms with E-state index in [0.29, 0.717) is 18.6 Å². The van der Waals surface area contributed by atoms with Gasteiger partial charge in [0.1, 0.15) is 0 Å². The Morgan fingerprint density at radius 2 is 1.45 bits per heavy atom. The molecule has 2 rings (SSSR count). The molecule has 2 aliphatic heterocycles. The van der Waals surface area contributed by atoms with E-state index in [1.807, 2.05) is 21.7 Å². The van der Waals surface area contributed by atoms with E-state index in [1.54, 1.807) is 0 Å². The van der Waals surface area contributed by atoms with Crippen LogP contribution in [0, 0.1) is 0 Å². The minimum atomic E-state index is 0.147. The second-order valence-corrected chi connectivity index (χ2v) is 9.44. The molecule has 0 aliphatic carbocycles. The van der Waals surface area contributed by atoms with Crippen LogP contribution in [0.2, 0.25) is 0 Å². The van der Waals surface area contributed by atoms with Gasteiger partial charge in [0.2, 0.25) is 5.91 Å². The van der Waals surface area contributed by atoms with Crippen molar-refractivity contribution in [3.8, 4) is 0 Å². The summed E-state index contributed by atoms with van der Waals surface area (Å²) in [7, 11) is 1.93. The number of urea groups is 1. The fourth-order valence-corrected chi connectivity index (χ4v) is 4.33. The van der Waals surface area contributed by atoms with Gasteiger partial charge in [-0.1, -0.05) is 0 Å². The van der Waals surface area contributed by atoms with Gasteiger partial charge >= 0.3 is 6.03 Å². The Morgan fingerprint density at radius 1 is 0.862 bits per heavy atom. The van der Waals surface area contributed by atoms with Crippen LogP contribution in [0.4, 0.5) is 4.79 Å². The standard InChI is InChI=1S/C22H43N5O2/c1-17(2)24-10-12-25(13-11-24)22(29)23(7)19(5)8-9-20(6)26-14-15-27(18(3)4)21(28)16-26/h17-20H,8-16H2,1-7H3. The summed E-state index contributed by atoms with van der Waals surface area (Å²) in [5.74, 6) is 0.235. The average Bonchev–Trinajstić information content (AvgIpc) is 2.70. The lowest BCUT2D eigenvalue weighted by molar-refractivity contribution is -0.138. The highest BCUT2D eigenvalue weighted by atomic mass is 16.2. The summed E-state index contributed by atoms with van der Waals surface area (Å²) < 4.78 is 0. The lowest BCUT2D eigenvalue weighted by Crippen LogP contribution is -2.55. The third kappa shape index (κ3) is 6.32. The highest BCUT2D eigenvalue weighted by Gasteiger charge is 2.30. The largest absolute Gasteiger partial charge is 0.338 e. The zero-order chi connectivity index (χ0) is 21.7. The van der Waals surface area contributed by atoms with Crippen LogP contribution in [-0.4, -0.2) is 113 Å². The zero-order valence-corrected chi connectivity index (χ0v) is 19.7. The summed E-state index contributed by atoms with van der Waals surface area (Å²) >= 11 is 0. The fourth-order valence-electron chi connectivity index (χ4n) is 4.33. The van der Waals surface area contributed by atoms with Gasteiger partial charge in [-0.05, 0) is 54.4 Å². The molecule has 3 amide bonds. The second kappa shape index (κ2) is 10.6. The first-order valence-electron chi connectivity index (χ1n) is 11.4.